The minimum absolute atomic E-state index is 0.354. The molecule has 1 amide bonds. The van der Waals surface area contributed by atoms with E-state index < -0.39 is 0 Å². The molecule has 0 aliphatic carbocycles. The van der Waals surface area contributed by atoms with Gasteiger partial charge >= 0.3 is 0 Å². The fourth-order valence-electron chi connectivity index (χ4n) is 4.29. The molecule has 2 aliphatic heterocycles. The monoisotopic (exact) mass is 403 g/mol. The summed E-state index contributed by atoms with van der Waals surface area (Å²) in [4.78, 5) is 19.5. The molecule has 2 saturated heterocycles. The number of amides is 1. The number of para-hydroxylation sites is 2. The van der Waals surface area contributed by atoms with Crippen LogP contribution in [-0.4, -0.2) is 44.5 Å². The van der Waals surface area contributed by atoms with Gasteiger partial charge in [0.25, 0.3) is 0 Å². The number of carbonyl (C=O) groups excluding carboxylic acids is 1. The highest BCUT2D eigenvalue weighted by molar-refractivity contribution is 8.77. The first-order valence-electron chi connectivity index (χ1n) is 10.2. The number of piperidine rings is 1. The van der Waals surface area contributed by atoms with Crippen LogP contribution in [0.2, 0.25) is 0 Å². The zero-order chi connectivity index (χ0) is 18.6. The predicted octanol–water partition coefficient (Wildman–Crippen LogP) is 4.99. The molecular weight excluding hydrogens is 374 g/mol. The van der Waals surface area contributed by atoms with Crippen LogP contribution in [0, 0.1) is 0 Å². The van der Waals surface area contributed by atoms with Crippen molar-refractivity contribution in [2.45, 2.75) is 56.1 Å². The molecule has 0 unspecified atom stereocenters. The van der Waals surface area contributed by atoms with Crippen molar-refractivity contribution in [2.75, 3.05) is 18.8 Å². The third kappa shape index (κ3) is 4.48. The lowest BCUT2D eigenvalue weighted by Crippen LogP contribution is -2.38. The number of benzene rings is 1. The predicted molar refractivity (Wildman–Crippen MR) is 116 cm³/mol. The topological polar surface area (TPSA) is 38.1 Å². The van der Waals surface area contributed by atoms with Gasteiger partial charge in [-0.05, 0) is 44.2 Å². The lowest BCUT2D eigenvalue weighted by atomic mass is 9.95. The Morgan fingerprint density at radius 1 is 1.19 bits per heavy atom. The Morgan fingerprint density at radius 3 is 2.74 bits per heavy atom. The van der Waals surface area contributed by atoms with Gasteiger partial charge in [-0.1, -0.05) is 40.1 Å². The largest absolute Gasteiger partial charge is 0.343 e. The Bertz CT molecular complexity index is 777. The number of carbonyl (C=O) groups is 1. The molecule has 1 aromatic heterocycles. The second kappa shape index (κ2) is 8.91. The Morgan fingerprint density at radius 2 is 2.00 bits per heavy atom. The van der Waals surface area contributed by atoms with Crippen LogP contribution in [0.1, 0.15) is 56.7 Å². The Labute approximate surface area is 169 Å². The lowest BCUT2D eigenvalue weighted by molar-refractivity contribution is -0.132. The number of hydrogen-bond acceptors (Lipinski definition) is 4. The summed E-state index contributed by atoms with van der Waals surface area (Å²) in [6.45, 7) is 1.75. The van der Waals surface area contributed by atoms with Crippen LogP contribution in [0.3, 0.4) is 0 Å². The first-order chi connectivity index (χ1) is 13.2. The summed E-state index contributed by atoms with van der Waals surface area (Å²) >= 11 is 0. The molecular formula is C21H29N3OS2. The Kier molecular flexibility index (Phi) is 6.33. The maximum Gasteiger partial charge on any atom is 0.222 e. The summed E-state index contributed by atoms with van der Waals surface area (Å²) in [5.74, 6) is 3.29. The van der Waals surface area contributed by atoms with Crippen LogP contribution < -0.4 is 0 Å². The summed E-state index contributed by atoms with van der Waals surface area (Å²) in [5, 5.41) is 0.828. The van der Waals surface area contributed by atoms with Crippen LogP contribution >= 0.6 is 21.6 Å². The van der Waals surface area contributed by atoms with E-state index in [9.17, 15) is 4.79 Å². The van der Waals surface area contributed by atoms with Gasteiger partial charge in [0.1, 0.15) is 5.82 Å². The molecule has 1 aromatic carbocycles. The molecule has 0 N–H and O–H groups in total. The fourth-order valence-corrected chi connectivity index (χ4v) is 7.31. The van der Waals surface area contributed by atoms with E-state index in [1.165, 1.54) is 36.4 Å². The summed E-state index contributed by atoms with van der Waals surface area (Å²) in [5.41, 5.74) is 2.28. The van der Waals surface area contributed by atoms with E-state index in [2.05, 4.69) is 34.7 Å². The lowest BCUT2D eigenvalue weighted by Gasteiger charge is -2.31. The smallest absolute Gasteiger partial charge is 0.222 e. The van der Waals surface area contributed by atoms with E-state index in [4.69, 9.17) is 4.98 Å². The molecule has 146 valence electrons. The van der Waals surface area contributed by atoms with Crippen LogP contribution in [0.15, 0.2) is 24.3 Å². The maximum atomic E-state index is 12.5. The molecule has 2 aromatic rings. The van der Waals surface area contributed by atoms with E-state index in [-0.39, 0.29) is 0 Å². The zero-order valence-electron chi connectivity index (χ0n) is 16.1. The Balaban J connectivity index is 1.24. The summed E-state index contributed by atoms with van der Waals surface area (Å²) in [7, 11) is 6.16. The number of rotatable bonds is 6. The third-order valence-electron chi connectivity index (χ3n) is 5.93. The van der Waals surface area contributed by atoms with Crippen LogP contribution in [-0.2, 0) is 11.8 Å². The van der Waals surface area contributed by atoms with Gasteiger partial charge in [-0.25, -0.2) is 4.98 Å². The molecule has 3 heterocycles. The van der Waals surface area contributed by atoms with Crippen LogP contribution in [0.5, 0.6) is 0 Å². The number of unbranched alkanes of at least 4 members (excludes halogenated alkanes) is 1. The van der Waals surface area contributed by atoms with Crippen molar-refractivity contribution in [1.29, 1.82) is 0 Å². The van der Waals surface area contributed by atoms with Gasteiger partial charge in [-0.3, -0.25) is 4.79 Å². The first kappa shape index (κ1) is 19.2. The van der Waals surface area contributed by atoms with Crippen LogP contribution in [0.25, 0.3) is 11.0 Å². The van der Waals surface area contributed by atoms with Crippen molar-refractivity contribution < 1.29 is 4.79 Å². The normalized spacial score (nSPS) is 21.2. The molecule has 27 heavy (non-hydrogen) atoms. The average Bonchev–Trinajstić information content (AvgIpc) is 3.34. The number of nitrogens with zero attached hydrogens (tertiary/aromatic N) is 3. The fraction of sp³-hybridized carbons (Fsp3) is 0.619. The second-order valence-electron chi connectivity index (χ2n) is 7.75. The summed E-state index contributed by atoms with van der Waals surface area (Å²) in [6.07, 6.45) is 7.64. The molecule has 0 radical (unpaired) electrons. The van der Waals surface area contributed by atoms with Crippen molar-refractivity contribution in [3.8, 4) is 0 Å². The molecule has 6 heteroatoms. The van der Waals surface area contributed by atoms with Gasteiger partial charge in [0.05, 0.1) is 11.0 Å². The molecule has 1 atom stereocenters. The van der Waals surface area contributed by atoms with E-state index in [1.54, 1.807) is 0 Å². The quantitative estimate of drug-likeness (QED) is 0.503. The molecule has 4 nitrogen and oxygen atoms in total. The van der Waals surface area contributed by atoms with Gasteiger partial charge in [0.2, 0.25) is 5.91 Å². The molecule has 2 aliphatic rings. The number of imidazole rings is 1. The summed E-state index contributed by atoms with van der Waals surface area (Å²) in [6, 6.07) is 8.33. The highest BCUT2D eigenvalue weighted by atomic mass is 33.1. The minimum Gasteiger partial charge on any atom is -0.343 e. The number of aromatic nitrogens is 2. The number of aryl methyl sites for hydroxylation is 1. The standard InChI is InChI=1S/C21H29N3OS2/c1-23-19-8-4-3-7-18(19)22-21(23)16-10-13-24(14-11-16)20(25)9-5-2-6-17-12-15-26-27-17/h3-4,7-8,16-17H,2,5-6,9-15H2,1H3/t17-/m0/s1. The van der Waals surface area contributed by atoms with Gasteiger partial charge < -0.3 is 9.47 Å². The number of hydrogen-bond donors (Lipinski definition) is 0. The highest BCUT2D eigenvalue weighted by Gasteiger charge is 2.26. The van der Waals surface area contributed by atoms with Crippen molar-refractivity contribution >= 4 is 38.5 Å². The second-order valence-corrected chi connectivity index (χ2v) is 10.5. The van der Waals surface area contributed by atoms with Crippen molar-refractivity contribution in [2.24, 2.45) is 7.05 Å². The van der Waals surface area contributed by atoms with E-state index in [1.807, 2.05) is 27.7 Å². The maximum absolute atomic E-state index is 12.5. The van der Waals surface area contributed by atoms with E-state index in [0.29, 0.717) is 11.8 Å². The van der Waals surface area contributed by atoms with Crippen LogP contribution in [0.4, 0.5) is 0 Å². The van der Waals surface area contributed by atoms with Gasteiger partial charge in [0, 0.05) is 43.5 Å². The van der Waals surface area contributed by atoms with Gasteiger partial charge in [-0.2, -0.15) is 0 Å². The molecule has 4 rings (SSSR count). The third-order valence-corrected chi connectivity index (χ3v) is 8.94. The van der Waals surface area contributed by atoms with E-state index in [0.717, 1.165) is 49.5 Å². The van der Waals surface area contributed by atoms with Crippen molar-refractivity contribution in [1.82, 2.24) is 14.5 Å². The first-order valence-corrected chi connectivity index (χ1v) is 12.6. The molecule has 0 saturated carbocycles. The SMILES string of the molecule is Cn1c(C2CCN(C(=O)CCCC[C@H]3CCSS3)CC2)nc2ccccc21. The van der Waals surface area contributed by atoms with Crippen molar-refractivity contribution in [3.63, 3.8) is 0 Å². The number of likely N-dealkylation sites (tertiary alicyclic amines) is 1. The van der Waals surface area contributed by atoms with Crippen molar-refractivity contribution in [3.05, 3.63) is 30.1 Å². The molecule has 0 bridgehead atoms. The van der Waals surface area contributed by atoms with E-state index >= 15 is 0 Å². The number of fused-ring (bicyclic) bond motifs is 1. The minimum atomic E-state index is 0.354. The van der Waals surface area contributed by atoms with Gasteiger partial charge in [-0.15, -0.1) is 0 Å². The molecule has 2 fully saturated rings. The summed E-state index contributed by atoms with van der Waals surface area (Å²) < 4.78 is 2.23. The molecule has 0 spiro atoms. The average molecular weight is 404 g/mol. The van der Waals surface area contributed by atoms with Gasteiger partial charge in [0.15, 0.2) is 0 Å². The highest BCUT2D eigenvalue weighted by Crippen LogP contribution is 2.40. The Hall–Kier alpha value is -1.14. The zero-order valence-corrected chi connectivity index (χ0v) is 17.7.